The van der Waals surface area contributed by atoms with Crippen LogP contribution in [0.4, 0.5) is 0 Å². The van der Waals surface area contributed by atoms with Gasteiger partial charge in [-0.05, 0) is 133 Å². The van der Waals surface area contributed by atoms with Crippen molar-refractivity contribution < 1.29 is 29.3 Å². The second-order valence-corrected chi connectivity index (χ2v) is 19.5. The Bertz CT molecular complexity index is 1280. The standard InChI is InChI=1S/C42H70N2O6/c1-27(2)25-31(36(46)47)43-37(48)42-16-11-29(28(3)26-50-24-21-44-19-22-49-23-20-44)35(42)30-9-10-33-39(6)14-13-34(45)38(4,5)32(39)12-15-41(33,8)40(30,7)17-18-42/h27,29-35,45H,3,9-26H2,1-2,4-8H3,(H,43,48)(H,46,47)/t29-,30+,31-,32-,33+,34-,35+,39-,40+,41+,42-/m0/s1. The van der Waals surface area contributed by atoms with Crippen LogP contribution in [0.5, 0.6) is 0 Å². The van der Waals surface area contributed by atoms with E-state index in [4.69, 9.17) is 9.47 Å². The second-order valence-electron chi connectivity index (χ2n) is 19.5. The number of carbonyl (C=O) groups excluding carboxylic acids is 1. The van der Waals surface area contributed by atoms with Crippen molar-refractivity contribution in [1.29, 1.82) is 0 Å². The number of rotatable bonds is 11. The van der Waals surface area contributed by atoms with E-state index in [2.05, 4.69) is 51.4 Å². The van der Waals surface area contributed by atoms with Gasteiger partial charge >= 0.3 is 5.97 Å². The Morgan fingerprint density at radius 1 is 0.920 bits per heavy atom. The summed E-state index contributed by atoms with van der Waals surface area (Å²) in [6, 6.07) is -0.870. The maximum absolute atomic E-state index is 14.7. The van der Waals surface area contributed by atoms with E-state index < -0.39 is 17.4 Å². The summed E-state index contributed by atoms with van der Waals surface area (Å²) in [6.45, 7) is 26.6. The number of carboxylic acid groups (broad SMARTS) is 1. The largest absolute Gasteiger partial charge is 0.480 e. The highest BCUT2D eigenvalue weighted by Gasteiger charge is 2.72. The molecule has 50 heavy (non-hydrogen) atoms. The van der Waals surface area contributed by atoms with Gasteiger partial charge in [0.2, 0.25) is 5.91 Å². The summed E-state index contributed by atoms with van der Waals surface area (Å²) in [6.07, 6.45) is 10.2. The SMILES string of the molecule is C=C(COCCN1CCOCC1)[C@@H]1CC[C@]2(C(=O)N[C@@H](CC(C)C)C(=O)O)CC[C@]3(C)[C@H](CC[C@@H]4[C@@]5(C)CC[C@H](O)C(C)(C)[C@@H]5CC[C@]43C)[C@@H]12. The average molecular weight is 699 g/mol. The molecular weight excluding hydrogens is 628 g/mol. The zero-order valence-corrected chi connectivity index (χ0v) is 32.5. The van der Waals surface area contributed by atoms with Crippen molar-refractivity contribution in [2.45, 2.75) is 131 Å². The first kappa shape index (κ1) is 38.3. The van der Waals surface area contributed by atoms with E-state index in [1.807, 2.05) is 13.8 Å². The van der Waals surface area contributed by atoms with Crippen LogP contribution in [-0.4, -0.2) is 85.2 Å². The van der Waals surface area contributed by atoms with Gasteiger partial charge in [-0.25, -0.2) is 4.79 Å². The van der Waals surface area contributed by atoms with Gasteiger partial charge in [-0.2, -0.15) is 0 Å². The number of aliphatic hydroxyl groups excluding tert-OH is 1. The molecule has 5 aliphatic carbocycles. The summed E-state index contributed by atoms with van der Waals surface area (Å²) >= 11 is 0. The molecule has 0 aromatic heterocycles. The molecule has 3 N–H and O–H groups in total. The fourth-order valence-electron chi connectivity index (χ4n) is 13.8. The van der Waals surface area contributed by atoms with Gasteiger partial charge in [0.25, 0.3) is 0 Å². The number of hydrogen-bond acceptors (Lipinski definition) is 6. The average Bonchev–Trinajstić information content (AvgIpc) is 3.46. The molecule has 1 amide bonds. The second kappa shape index (κ2) is 14.1. The van der Waals surface area contributed by atoms with E-state index in [0.717, 1.165) is 96.2 Å². The number of amides is 1. The van der Waals surface area contributed by atoms with Gasteiger partial charge in [0, 0.05) is 19.6 Å². The number of nitrogens with one attached hydrogen (secondary N) is 1. The molecule has 0 aromatic carbocycles. The molecule has 1 aliphatic heterocycles. The molecule has 0 aromatic rings. The first-order chi connectivity index (χ1) is 23.5. The lowest BCUT2D eigenvalue weighted by molar-refractivity contribution is -0.246. The maximum Gasteiger partial charge on any atom is 0.326 e. The van der Waals surface area contributed by atoms with Crippen LogP contribution in [0.3, 0.4) is 0 Å². The van der Waals surface area contributed by atoms with Crippen molar-refractivity contribution in [3.05, 3.63) is 12.2 Å². The summed E-state index contributed by atoms with van der Waals surface area (Å²) in [4.78, 5) is 29.5. The maximum atomic E-state index is 14.7. The van der Waals surface area contributed by atoms with Crippen LogP contribution in [0.2, 0.25) is 0 Å². The van der Waals surface area contributed by atoms with E-state index in [1.165, 1.54) is 6.42 Å². The predicted molar refractivity (Wildman–Crippen MR) is 196 cm³/mol. The van der Waals surface area contributed by atoms with Gasteiger partial charge in [0.15, 0.2) is 0 Å². The molecule has 6 aliphatic rings. The van der Waals surface area contributed by atoms with Gasteiger partial charge in [-0.15, -0.1) is 0 Å². The van der Waals surface area contributed by atoms with E-state index in [0.29, 0.717) is 37.4 Å². The summed E-state index contributed by atoms with van der Waals surface area (Å²) in [5, 5.41) is 24.4. The van der Waals surface area contributed by atoms with E-state index >= 15 is 0 Å². The number of fused-ring (bicyclic) bond motifs is 7. The minimum Gasteiger partial charge on any atom is -0.480 e. The molecule has 6 rings (SSSR count). The summed E-state index contributed by atoms with van der Waals surface area (Å²) in [5.41, 5.74) is 0.818. The third kappa shape index (κ3) is 6.22. The van der Waals surface area contributed by atoms with Crippen LogP contribution in [0.25, 0.3) is 0 Å². The van der Waals surface area contributed by atoms with Crippen LogP contribution in [0.15, 0.2) is 12.2 Å². The molecule has 5 saturated carbocycles. The quantitative estimate of drug-likeness (QED) is 0.158. The highest BCUT2D eigenvalue weighted by Crippen LogP contribution is 2.77. The van der Waals surface area contributed by atoms with Crippen molar-refractivity contribution >= 4 is 11.9 Å². The Morgan fingerprint density at radius 3 is 2.32 bits per heavy atom. The smallest absolute Gasteiger partial charge is 0.326 e. The number of aliphatic hydroxyl groups is 1. The molecule has 0 bridgehead atoms. The minimum atomic E-state index is -0.938. The number of hydrogen-bond donors (Lipinski definition) is 3. The summed E-state index contributed by atoms with van der Waals surface area (Å²) in [5.74, 6) is 0.944. The van der Waals surface area contributed by atoms with Crippen LogP contribution >= 0.6 is 0 Å². The number of nitrogens with zero attached hydrogens (tertiary/aromatic N) is 1. The number of ether oxygens (including phenoxy) is 2. The predicted octanol–water partition coefficient (Wildman–Crippen LogP) is 6.95. The van der Waals surface area contributed by atoms with Crippen molar-refractivity contribution in [1.82, 2.24) is 10.2 Å². The zero-order chi connectivity index (χ0) is 36.3. The molecule has 8 nitrogen and oxygen atoms in total. The highest BCUT2D eigenvalue weighted by atomic mass is 16.5. The molecule has 1 heterocycles. The normalized spacial score (nSPS) is 43.2. The van der Waals surface area contributed by atoms with Crippen molar-refractivity contribution in [2.24, 2.45) is 62.6 Å². The van der Waals surface area contributed by atoms with Gasteiger partial charge in [-0.3, -0.25) is 9.69 Å². The molecule has 1 saturated heterocycles. The van der Waals surface area contributed by atoms with Crippen LogP contribution in [0.1, 0.15) is 119 Å². The van der Waals surface area contributed by atoms with Crippen molar-refractivity contribution in [2.75, 3.05) is 46.1 Å². The fraction of sp³-hybridized carbons (Fsp3) is 0.905. The van der Waals surface area contributed by atoms with Gasteiger partial charge in [0.1, 0.15) is 6.04 Å². The Kier molecular flexibility index (Phi) is 10.8. The molecular formula is C42H70N2O6. The van der Waals surface area contributed by atoms with E-state index in [1.54, 1.807) is 0 Å². The molecule has 11 atom stereocenters. The number of aliphatic carboxylic acids is 1. The topological polar surface area (TPSA) is 108 Å². The monoisotopic (exact) mass is 699 g/mol. The van der Waals surface area contributed by atoms with Crippen LogP contribution < -0.4 is 5.32 Å². The summed E-state index contributed by atoms with van der Waals surface area (Å²) in [7, 11) is 0. The third-order valence-corrected chi connectivity index (χ3v) is 16.6. The number of carbonyl (C=O) groups is 2. The number of morpholine rings is 1. The minimum absolute atomic E-state index is 0.0351. The van der Waals surface area contributed by atoms with Crippen molar-refractivity contribution in [3.8, 4) is 0 Å². The summed E-state index contributed by atoms with van der Waals surface area (Å²) < 4.78 is 11.8. The first-order valence-corrected chi connectivity index (χ1v) is 20.3. The lowest BCUT2D eigenvalue weighted by atomic mass is 9.32. The lowest BCUT2D eigenvalue weighted by Crippen LogP contribution is -2.67. The molecule has 0 spiro atoms. The molecule has 0 unspecified atom stereocenters. The Balaban J connectivity index is 1.29. The molecule has 8 heteroatoms. The Morgan fingerprint density at radius 2 is 1.64 bits per heavy atom. The number of carboxylic acids is 1. The Labute approximate surface area is 302 Å². The van der Waals surface area contributed by atoms with Gasteiger partial charge in [0.05, 0.1) is 37.9 Å². The van der Waals surface area contributed by atoms with Crippen molar-refractivity contribution in [3.63, 3.8) is 0 Å². The lowest BCUT2D eigenvalue weighted by Gasteiger charge is -2.72. The van der Waals surface area contributed by atoms with Crippen LogP contribution in [-0.2, 0) is 19.1 Å². The van der Waals surface area contributed by atoms with Crippen LogP contribution in [0, 0.1) is 62.6 Å². The van der Waals surface area contributed by atoms with Gasteiger partial charge in [-0.1, -0.05) is 55.0 Å². The van der Waals surface area contributed by atoms with E-state index in [9.17, 15) is 19.8 Å². The Hall–Kier alpha value is -1.48. The zero-order valence-electron chi connectivity index (χ0n) is 32.5. The third-order valence-electron chi connectivity index (χ3n) is 16.6. The highest BCUT2D eigenvalue weighted by molar-refractivity contribution is 5.88. The fourth-order valence-corrected chi connectivity index (χ4v) is 13.8. The van der Waals surface area contributed by atoms with E-state index in [-0.39, 0.29) is 51.4 Å². The molecule has 6 fully saturated rings. The molecule has 284 valence electrons. The molecule has 0 radical (unpaired) electrons. The first-order valence-electron chi connectivity index (χ1n) is 20.3. The van der Waals surface area contributed by atoms with Gasteiger partial charge < -0.3 is 25.0 Å².